The summed E-state index contributed by atoms with van der Waals surface area (Å²) in [5.74, 6) is -1.64. The molecule has 0 saturated heterocycles. The molecule has 0 fully saturated rings. The Morgan fingerprint density at radius 1 is 1.14 bits per heavy atom. The molecule has 1 aromatic rings. The van der Waals surface area contributed by atoms with E-state index < -0.39 is 23.2 Å². The maximum Gasteiger partial charge on any atom is 0.349 e. The number of aliphatic carboxylic acids is 1. The van der Waals surface area contributed by atoms with Gasteiger partial charge in [0.1, 0.15) is 6.61 Å². The van der Waals surface area contributed by atoms with E-state index in [2.05, 4.69) is 15.0 Å². The van der Waals surface area contributed by atoms with Gasteiger partial charge in [-0.15, -0.1) is 0 Å². The zero-order valence-electron chi connectivity index (χ0n) is 15.3. The summed E-state index contributed by atoms with van der Waals surface area (Å²) in [5, 5.41) is 8.61. The molecule has 2 aliphatic heterocycles. The van der Waals surface area contributed by atoms with Crippen molar-refractivity contribution >= 4 is 23.0 Å². The number of rotatable bonds is 6. The summed E-state index contributed by atoms with van der Waals surface area (Å²) in [6.45, 7) is 3.87. The average Bonchev–Trinajstić information content (AvgIpc) is 2.61. The number of aromatic nitrogens is 4. The van der Waals surface area contributed by atoms with E-state index in [-0.39, 0.29) is 37.5 Å². The van der Waals surface area contributed by atoms with E-state index in [1.165, 1.54) is 0 Å². The van der Waals surface area contributed by atoms with Gasteiger partial charge < -0.3 is 14.4 Å². The number of aromatic amines is 1. The van der Waals surface area contributed by atoms with Crippen molar-refractivity contribution in [1.82, 2.24) is 19.5 Å². The normalized spacial score (nSPS) is 11.1. The maximum atomic E-state index is 12.2. The number of carboxylic acid groups (broad SMARTS) is 1. The topological polar surface area (TPSA) is 144 Å². The highest BCUT2D eigenvalue weighted by atomic mass is 16.5. The number of carbonyl (C=O) groups is 2. The summed E-state index contributed by atoms with van der Waals surface area (Å²) >= 11 is 0. The van der Waals surface area contributed by atoms with Crippen LogP contribution in [0.5, 0.6) is 0 Å². The standard InChI is InChI=1S/C18H18N4O6/c1-9-7-11-12(8-10(9)2)22(5-6-28-14(25)4-3-13(23)24)16-15(19-11)17(26)21-18(27)20-16/h7-8H,3-6H2,1-2H3,(H,23,24)(H,21,26,27). The molecule has 2 N–H and O–H groups in total. The zero-order chi connectivity index (χ0) is 20.4. The van der Waals surface area contributed by atoms with Gasteiger partial charge in [-0.2, -0.15) is 4.98 Å². The molecule has 3 rings (SSSR count). The van der Waals surface area contributed by atoms with Gasteiger partial charge in [0.05, 0.1) is 30.4 Å². The van der Waals surface area contributed by atoms with Crippen LogP contribution in [0.4, 0.5) is 0 Å². The zero-order valence-corrected chi connectivity index (χ0v) is 15.3. The number of aryl methyl sites for hydroxylation is 2. The number of carboxylic acids is 1. The van der Waals surface area contributed by atoms with Gasteiger partial charge in [0.2, 0.25) is 0 Å². The van der Waals surface area contributed by atoms with Crippen molar-refractivity contribution in [3.05, 3.63) is 44.1 Å². The third-order valence-electron chi connectivity index (χ3n) is 4.35. The van der Waals surface area contributed by atoms with Crippen molar-refractivity contribution in [2.45, 2.75) is 33.2 Å². The first kappa shape index (κ1) is 19.2. The van der Waals surface area contributed by atoms with Crippen molar-refractivity contribution in [2.75, 3.05) is 6.61 Å². The molecule has 0 bridgehead atoms. The van der Waals surface area contributed by atoms with Crippen LogP contribution in [-0.2, 0) is 20.9 Å². The molecule has 0 spiro atoms. The van der Waals surface area contributed by atoms with Crippen molar-refractivity contribution in [2.24, 2.45) is 0 Å². The predicted octanol–water partition coefficient (Wildman–Crippen LogP) is 0.609. The molecule has 146 valence electrons. The van der Waals surface area contributed by atoms with Crippen LogP contribution < -0.4 is 11.2 Å². The SMILES string of the molecule is Cc1cc2nc3c(=O)[nH]c(=O)nc-3n(CCOC(=O)CCC(=O)O)c2cc1C. The minimum atomic E-state index is -1.09. The lowest BCUT2D eigenvalue weighted by Gasteiger charge is -2.17. The van der Waals surface area contributed by atoms with Crippen LogP contribution >= 0.6 is 0 Å². The molecule has 28 heavy (non-hydrogen) atoms. The fourth-order valence-electron chi connectivity index (χ4n) is 2.81. The molecule has 10 nitrogen and oxygen atoms in total. The minimum Gasteiger partial charge on any atom is -0.481 e. The fraction of sp³-hybridized carbons (Fsp3) is 0.333. The van der Waals surface area contributed by atoms with Gasteiger partial charge in [0.15, 0.2) is 11.5 Å². The number of nitrogens with zero attached hydrogens (tertiary/aromatic N) is 3. The van der Waals surface area contributed by atoms with Crippen LogP contribution in [0.15, 0.2) is 21.7 Å². The Bertz CT molecular complexity index is 1160. The summed E-state index contributed by atoms with van der Waals surface area (Å²) in [6.07, 6.45) is -0.555. The van der Waals surface area contributed by atoms with E-state index >= 15 is 0 Å². The predicted molar refractivity (Wildman–Crippen MR) is 98.3 cm³/mol. The number of esters is 1. The largest absolute Gasteiger partial charge is 0.481 e. The molecular formula is C18H18N4O6. The molecule has 2 heterocycles. The highest BCUT2D eigenvalue weighted by molar-refractivity contribution is 5.81. The van der Waals surface area contributed by atoms with Crippen LogP contribution in [0.2, 0.25) is 0 Å². The van der Waals surface area contributed by atoms with E-state index in [0.29, 0.717) is 11.0 Å². The quantitative estimate of drug-likeness (QED) is 0.463. The van der Waals surface area contributed by atoms with Gasteiger partial charge >= 0.3 is 17.6 Å². The van der Waals surface area contributed by atoms with Gasteiger partial charge in [0.25, 0.3) is 5.56 Å². The lowest BCUT2D eigenvalue weighted by molar-refractivity contribution is -0.147. The number of ether oxygens (including phenoxy) is 1. The minimum absolute atomic E-state index is 0.00700. The van der Waals surface area contributed by atoms with Crippen molar-refractivity contribution in [1.29, 1.82) is 0 Å². The van der Waals surface area contributed by atoms with Gasteiger partial charge in [-0.05, 0) is 37.1 Å². The molecule has 0 unspecified atom stereocenters. The lowest BCUT2D eigenvalue weighted by Crippen LogP contribution is -2.29. The number of hydrogen-bond acceptors (Lipinski definition) is 7. The summed E-state index contributed by atoms with van der Waals surface area (Å²) in [4.78, 5) is 56.3. The number of H-pyrrole nitrogens is 1. The van der Waals surface area contributed by atoms with Crippen molar-refractivity contribution in [3.8, 4) is 11.5 Å². The fourth-order valence-corrected chi connectivity index (χ4v) is 2.81. The Balaban J connectivity index is 2.01. The Morgan fingerprint density at radius 2 is 1.86 bits per heavy atom. The first-order chi connectivity index (χ1) is 13.3. The van der Waals surface area contributed by atoms with E-state index in [0.717, 1.165) is 11.1 Å². The third kappa shape index (κ3) is 3.90. The van der Waals surface area contributed by atoms with Crippen LogP contribution in [-0.4, -0.2) is 43.2 Å². The number of hydrogen-bond donors (Lipinski definition) is 2. The van der Waals surface area contributed by atoms with Crippen LogP contribution in [0, 0.1) is 13.8 Å². The number of nitrogens with one attached hydrogen (secondary N) is 1. The molecule has 0 amide bonds. The Hall–Kier alpha value is -3.56. The molecule has 0 radical (unpaired) electrons. The van der Waals surface area contributed by atoms with Crippen LogP contribution in [0.1, 0.15) is 24.0 Å². The molecule has 0 aromatic heterocycles. The van der Waals surface area contributed by atoms with Gasteiger partial charge in [-0.1, -0.05) is 0 Å². The van der Waals surface area contributed by atoms with E-state index in [9.17, 15) is 19.2 Å². The van der Waals surface area contributed by atoms with E-state index in [1.807, 2.05) is 26.0 Å². The summed E-state index contributed by atoms with van der Waals surface area (Å²) in [6, 6.07) is 3.68. The highest BCUT2D eigenvalue weighted by Gasteiger charge is 2.19. The first-order valence-electron chi connectivity index (χ1n) is 8.55. The van der Waals surface area contributed by atoms with Crippen LogP contribution in [0.25, 0.3) is 22.6 Å². The molecule has 0 atom stereocenters. The molecule has 0 aliphatic carbocycles. The number of carbonyl (C=O) groups excluding carboxylic acids is 1. The first-order valence-corrected chi connectivity index (χ1v) is 8.55. The van der Waals surface area contributed by atoms with Gasteiger partial charge in [-0.25, -0.2) is 9.78 Å². The summed E-state index contributed by atoms with van der Waals surface area (Å²) < 4.78 is 6.68. The maximum absolute atomic E-state index is 12.2. The Kier molecular flexibility index (Phi) is 5.21. The second-order valence-electron chi connectivity index (χ2n) is 6.35. The highest BCUT2D eigenvalue weighted by Crippen LogP contribution is 2.23. The molecule has 0 saturated carbocycles. The molecule has 2 aliphatic rings. The van der Waals surface area contributed by atoms with Gasteiger partial charge in [-0.3, -0.25) is 19.4 Å². The lowest BCUT2D eigenvalue weighted by atomic mass is 10.1. The Morgan fingerprint density at radius 3 is 2.57 bits per heavy atom. The molecular weight excluding hydrogens is 368 g/mol. The molecule has 10 heteroatoms. The smallest absolute Gasteiger partial charge is 0.349 e. The average molecular weight is 386 g/mol. The van der Waals surface area contributed by atoms with Gasteiger partial charge in [0, 0.05) is 0 Å². The second-order valence-corrected chi connectivity index (χ2v) is 6.35. The summed E-state index contributed by atoms with van der Waals surface area (Å²) in [7, 11) is 0. The monoisotopic (exact) mass is 386 g/mol. The van der Waals surface area contributed by atoms with E-state index in [1.54, 1.807) is 4.57 Å². The van der Waals surface area contributed by atoms with E-state index in [4.69, 9.17) is 9.84 Å². The van der Waals surface area contributed by atoms with Crippen molar-refractivity contribution in [3.63, 3.8) is 0 Å². The van der Waals surface area contributed by atoms with Crippen LogP contribution in [0.3, 0.4) is 0 Å². The second kappa shape index (κ2) is 7.59. The van der Waals surface area contributed by atoms with Crippen molar-refractivity contribution < 1.29 is 19.4 Å². The molecule has 1 aromatic carbocycles. The number of benzene rings is 1. The number of fused-ring (bicyclic) bond motifs is 2. The third-order valence-corrected chi connectivity index (χ3v) is 4.35. The summed E-state index contributed by atoms with van der Waals surface area (Å²) in [5.41, 5.74) is 1.70. The Labute approximate surface area is 158 Å².